The van der Waals surface area contributed by atoms with Crippen LogP contribution < -0.4 is 5.01 Å². The molecule has 0 saturated carbocycles. The van der Waals surface area contributed by atoms with Gasteiger partial charge in [0.15, 0.2) is 0 Å². The number of hydrogen-bond acceptors (Lipinski definition) is 2. The minimum Gasteiger partial charge on any atom is -0.357 e. The molecule has 0 unspecified atom stereocenters. The van der Waals surface area contributed by atoms with E-state index in [0.29, 0.717) is 12.8 Å². The summed E-state index contributed by atoms with van der Waals surface area (Å²) >= 11 is 0. The maximum atomic E-state index is 5.55. The fourth-order valence-corrected chi connectivity index (χ4v) is 2.10. The van der Waals surface area contributed by atoms with E-state index in [0.717, 1.165) is 6.61 Å². The summed E-state index contributed by atoms with van der Waals surface area (Å²) in [6.07, 6.45) is 4.09. The second-order valence-electron chi connectivity index (χ2n) is 3.93. The Balaban J connectivity index is 1.90. The molecule has 1 aliphatic rings. The lowest BCUT2D eigenvalue weighted by Crippen LogP contribution is -2.33. The van der Waals surface area contributed by atoms with E-state index in [9.17, 15) is 0 Å². The summed E-state index contributed by atoms with van der Waals surface area (Å²) in [6, 6.07) is 14.8. The van der Waals surface area contributed by atoms with E-state index in [1.54, 1.807) is 0 Å². The van der Waals surface area contributed by atoms with Crippen molar-refractivity contribution in [1.82, 2.24) is 4.68 Å². The summed E-state index contributed by atoms with van der Waals surface area (Å²) in [5, 5.41) is 2.22. The molecule has 1 saturated heterocycles. The maximum absolute atomic E-state index is 5.55. The molecule has 2 aromatic rings. The third-order valence-electron chi connectivity index (χ3n) is 2.93. The van der Waals surface area contributed by atoms with E-state index >= 15 is 0 Å². The van der Waals surface area contributed by atoms with Gasteiger partial charge in [0, 0.05) is 12.4 Å². The highest BCUT2D eigenvalue weighted by atomic mass is 16.5. The van der Waals surface area contributed by atoms with Crippen LogP contribution in [-0.2, 0) is 4.74 Å². The van der Waals surface area contributed by atoms with E-state index in [1.165, 1.54) is 5.56 Å². The highest BCUT2D eigenvalue weighted by Crippen LogP contribution is 2.24. The zero-order chi connectivity index (χ0) is 10.8. The molecule has 1 aliphatic heterocycles. The summed E-state index contributed by atoms with van der Waals surface area (Å²) in [5.41, 5.74) is 1.30. The van der Waals surface area contributed by atoms with Crippen molar-refractivity contribution in [2.24, 2.45) is 0 Å². The average molecular weight is 214 g/mol. The molecule has 0 N–H and O–H groups in total. The number of aromatic nitrogens is 1. The maximum Gasteiger partial charge on any atom is 0.134 e. The topological polar surface area (TPSA) is 17.4 Å². The highest BCUT2D eigenvalue weighted by molar-refractivity contribution is 5.24. The van der Waals surface area contributed by atoms with Gasteiger partial charge in [0.05, 0.1) is 12.6 Å². The molecule has 3 rings (SSSR count). The molecule has 1 aromatic heterocycles. The molecule has 0 radical (unpaired) electrons. The fourth-order valence-electron chi connectivity index (χ4n) is 2.10. The molecule has 1 atom stereocenters. The Hall–Kier alpha value is -1.74. The molecular formula is C13H14N2O. The molecule has 1 aromatic carbocycles. The molecule has 16 heavy (non-hydrogen) atoms. The third-order valence-corrected chi connectivity index (χ3v) is 2.93. The molecule has 0 bridgehead atoms. The van der Waals surface area contributed by atoms with E-state index in [4.69, 9.17) is 4.74 Å². The van der Waals surface area contributed by atoms with Crippen molar-refractivity contribution in [3.63, 3.8) is 0 Å². The average Bonchev–Trinajstić information content (AvgIpc) is 3.01. The lowest BCUT2D eigenvalue weighted by atomic mass is 10.1. The Bertz CT molecular complexity index is 438. The number of benzene rings is 1. The second kappa shape index (κ2) is 4.02. The van der Waals surface area contributed by atoms with Gasteiger partial charge < -0.3 is 4.74 Å². The van der Waals surface area contributed by atoms with E-state index in [2.05, 4.69) is 34.0 Å². The summed E-state index contributed by atoms with van der Waals surface area (Å²) in [7, 11) is 0. The number of ether oxygens (including phenoxy) is 1. The van der Waals surface area contributed by atoms with Gasteiger partial charge in [0.2, 0.25) is 0 Å². The van der Waals surface area contributed by atoms with Gasteiger partial charge in [-0.3, -0.25) is 9.69 Å². The highest BCUT2D eigenvalue weighted by Gasteiger charge is 2.26. The van der Waals surface area contributed by atoms with Crippen LogP contribution in [0.2, 0.25) is 0 Å². The van der Waals surface area contributed by atoms with Crippen LogP contribution in [0.3, 0.4) is 0 Å². The van der Waals surface area contributed by atoms with Gasteiger partial charge in [-0.15, -0.1) is 0 Å². The Morgan fingerprint density at radius 1 is 1.00 bits per heavy atom. The normalized spacial score (nSPS) is 20.2. The monoisotopic (exact) mass is 214 g/mol. The summed E-state index contributed by atoms with van der Waals surface area (Å²) < 4.78 is 7.64. The zero-order valence-corrected chi connectivity index (χ0v) is 8.99. The molecule has 0 amide bonds. The predicted molar refractivity (Wildman–Crippen MR) is 62.7 cm³/mol. The van der Waals surface area contributed by atoms with Crippen LogP contribution >= 0.6 is 0 Å². The standard InChI is InChI=1S/C13H14N2O/c1-2-6-12(7-3-1)13-10-16-11-15(13)14-8-4-5-9-14/h1-9,13H,10-11H2/t13-/m1/s1. The van der Waals surface area contributed by atoms with Crippen molar-refractivity contribution in [2.45, 2.75) is 6.04 Å². The van der Waals surface area contributed by atoms with Crippen LogP contribution in [-0.4, -0.2) is 18.0 Å². The number of hydrogen-bond donors (Lipinski definition) is 0. The van der Waals surface area contributed by atoms with Gasteiger partial charge in [0.25, 0.3) is 0 Å². The Morgan fingerprint density at radius 3 is 2.50 bits per heavy atom. The van der Waals surface area contributed by atoms with Crippen LogP contribution in [0.4, 0.5) is 0 Å². The van der Waals surface area contributed by atoms with Gasteiger partial charge >= 0.3 is 0 Å². The largest absolute Gasteiger partial charge is 0.357 e. The first-order chi connectivity index (χ1) is 7.95. The SMILES string of the molecule is c1ccc([C@H]2COCN2n2cccc2)cc1. The molecule has 0 spiro atoms. The number of nitrogens with zero attached hydrogens (tertiary/aromatic N) is 2. The molecular weight excluding hydrogens is 200 g/mol. The van der Waals surface area contributed by atoms with Crippen LogP contribution in [0.5, 0.6) is 0 Å². The molecule has 2 heterocycles. The zero-order valence-electron chi connectivity index (χ0n) is 8.99. The lowest BCUT2D eigenvalue weighted by Gasteiger charge is -2.25. The van der Waals surface area contributed by atoms with Gasteiger partial charge in [-0.1, -0.05) is 30.3 Å². The Morgan fingerprint density at radius 2 is 1.75 bits per heavy atom. The molecule has 3 heteroatoms. The molecule has 3 nitrogen and oxygen atoms in total. The molecule has 0 aliphatic carbocycles. The Labute approximate surface area is 94.8 Å². The van der Waals surface area contributed by atoms with Crippen molar-refractivity contribution in [2.75, 3.05) is 18.3 Å². The quantitative estimate of drug-likeness (QED) is 0.762. The number of rotatable bonds is 2. The fraction of sp³-hybridized carbons (Fsp3) is 0.231. The van der Waals surface area contributed by atoms with Crippen molar-refractivity contribution in [3.8, 4) is 0 Å². The first kappa shape index (κ1) is 9.48. The minimum atomic E-state index is 0.314. The van der Waals surface area contributed by atoms with Crippen LogP contribution in [0.1, 0.15) is 11.6 Å². The first-order valence-electron chi connectivity index (χ1n) is 5.48. The van der Waals surface area contributed by atoms with Gasteiger partial charge in [-0.2, -0.15) is 0 Å². The van der Waals surface area contributed by atoms with Gasteiger partial charge in [-0.25, -0.2) is 0 Å². The van der Waals surface area contributed by atoms with E-state index in [1.807, 2.05) is 30.6 Å². The lowest BCUT2D eigenvalue weighted by molar-refractivity contribution is 0.190. The first-order valence-corrected chi connectivity index (χ1v) is 5.48. The molecule has 82 valence electrons. The van der Waals surface area contributed by atoms with Crippen molar-refractivity contribution < 1.29 is 4.74 Å². The van der Waals surface area contributed by atoms with Crippen molar-refractivity contribution >= 4 is 0 Å². The summed E-state index contributed by atoms with van der Waals surface area (Å²) in [6.45, 7) is 1.40. The van der Waals surface area contributed by atoms with Crippen LogP contribution in [0.15, 0.2) is 54.9 Å². The second-order valence-corrected chi connectivity index (χ2v) is 3.93. The smallest absolute Gasteiger partial charge is 0.134 e. The van der Waals surface area contributed by atoms with Crippen LogP contribution in [0.25, 0.3) is 0 Å². The van der Waals surface area contributed by atoms with E-state index in [-0.39, 0.29) is 0 Å². The summed E-state index contributed by atoms with van der Waals surface area (Å²) in [4.78, 5) is 0. The van der Waals surface area contributed by atoms with Crippen molar-refractivity contribution in [3.05, 3.63) is 60.4 Å². The minimum absolute atomic E-state index is 0.314. The Kier molecular flexibility index (Phi) is 2.38. The van der Waals surface area contributed by atoms with Crippen LogP contribution in [0, 0.1) is 0 Å². The van der Waals surface area contributed by atoms with Gasteiger partial charge in [-0.05, 0) is 17.7 Å². The van der Waals surface area contributed by atoms with Gasteiger partial charge in [0.1, 0.15) is 6.73 Å². The van der Waals surface area contributed by atoms with Crippen molar-refractivity contribution in [1.29, 1.82) is 0 Å². The summed E-state index contributed by atoms with van der Waals surface area (Å²) in [5.74, 6) is 0. The molecule has 1 fully saturated rings. The third kappa shape index (κ3) is 1.59. The predicted octanol–water partition coefficient (Wildman–Crippen LogP) is 2.16. The van der Waals surface area contributed by atoms with E-state index < -0.39 is 0 Å².